The summed E-state index contributed by atoms with van der Waals surface area (Å²) in [7, 11) is 0. The van der Waals surface area contributed by atoms with Gasteiger partial charge in [0.2, 0.25) is 18.2 Å². The Bertz CT molecular complexity index is 806. The smallest absolute Gasteiger partial charge is 0.243 e. The molecule has 1 fully saturated rings. The second-order valence-corrected chi connectivity index (χ2v) is 11.1. The normalized spacial score (nSPS) is 17.0. The Labute approximate surface area is 216 Å². The second-order valence-electron chi connectivity index (χ2n) is 11.1. The molecule has 2 rings (SSSR count). The van der Waals surface area contributed by atoms with Gasteiger partial charge < -0.3 is 15.5 Å². The predicted molar refractivity (Wildman–Crippen MR) is 141 cm³/mol. The van der Waals surface area contributed by atoms with Gasteiger partial charge in [0.25, 0.3) is 0 Å². The van der Waals surface area contributed by atoms with Gasteiger partial charge in [-0.15, -0.1) is 0 Å². The highest BCUT2D eigenvalue weighted by molar-refractivity contribution is 5.89. The summed E-state index contributed by atoms with van der Waals surface area (Å²) in [5, 5.41) is 16.5. The maximum atomic E-state index is 13.4. The lowest BCUT2D eigenvalue weighted by molar-refractivity contribution is -0.166. The number of rotatable bonds is 14. The van der Waals surface area contributed by atoms with Crippen LogP contribution >= 0.6 is 0 Å². The summed E-state index contributed by atoms with van der Waals surface area (Å²) in [4.78, 5) is 40.1. The number of unbranched alkanes of at least 4 members (excludes halogenated alkanes) is 1. The number of carbonyl (C=O) groups is 3. The zero-order valence-corrected chi connectivity index (χ0v) is 22.5. The Kier molecular flexibility index (Phi) is 12.4. The highest BCUT2D eigenvalue weighted by atomic mass is 16.5. The number of carbonyl (C=O) groups excluding carboxylic acids is 3. The molecule has 1 aliphatic rings. The van der Waals surface area contributed by atoms with Crippen LogP contribution in [0.2, 0.25) is 0 Å². The van der Waals surface area contributed by atoms with Crippen molar-refractivity contribution in [2.75, 3.05) is 26.2 Å². The van der Waals surface area contributed by atoms with Gasteiger partial charge in [0.05, 0.1) is 12.0 Å². The van der Waals surface area contributed by atoms with E-state index in [-0.39, 0.29) is 11.8 Å². The fourth-order valence-electron chi connectivity index (χ4n) is 4.76. The lowest BCUT2D eigenvalue weighted by Crippen LogP contribution is -2.57. The maximum absolute atomic E-state index is 13.4. The molecule has 0 bridgehead atoms. The van der Waals surface area contributed by atoms with Crippen LogP contribution in [0.4, 0.5) is 0 Å². The van der Waals surface area contributed by atoms with Crippen LogP contribution in [0.1, 0.15) is 71.8 Å². The van der Waals surface area contributed by atoms with E-state index in [0.717, 1.165) is 38.9 Å². The average molecular weight is 503 g/mol. The van der Waals surface area contributed by atoms with Crippen LogP contribution in [-0.4, -0.2) is 71.7 Å². The number of hydrogen-bond acceptors (Lipinski definition) is 5. The summed E-state index contributed by atoms with van der Waals surface area (Å²) >= 11 is 0. The van der Waals surface area contributed by atoms with Gasteiger partial charge >= 0.3 is 0 Å². The summed E-state index contributed by atoms with van der Waals surface area (Å²) in [6.07, 6.45) is 7.01. The third kappa shape index (κ3) is 9.90. The first kappa shape index (κ1) is 29.8. The molecular formula is C28H46N4O4. The summed E-state index contributed by atoms with van der Waals surface area (Å²) in [6.45, 7) is 10.9. The highest BCUT2D eigenvalue weighted by Crippen LogP contribution is 2.23. The van der Waals surface area contributed by atoms with Crippen molar-refractivity contribution in [3.63, 3.8) is 0 Å². The maximum Gasteiger partial charge on any atom is 0.243 e. The monoisotopic (exact) mass is 502 g/mol. The summed E-state index contributed by atoms with van der Waals surface area (Å²) in [5.41, 5.74) is 0.729. The first-order valence-electron chi connectivity index (χ1n) is 13.4. The van der Waals surface area contributed by atoms with Crippen LogP contribution in [0.25, 0.3) is 0 Å². The molecule has 0 saturated carbocycles. The molecule has 0 aromatic heterocycles. The van der Waals surface area contributed by atoms with Crippen molar-refractivity contribution < 1.29 is 19.6 Å². The van der Waals surface area contributed by atoms with Crippen molar-refractivity contribution in [3.8, 4) is 0 Å². The number of hydroxylamine groups is 2. The molecule has 0 unspecified atom stereocenters. The van der Waals surface area contributed by atoms with Gasteiger partial charge in [0, 0.05) is 13.1 Å². The molecule has 3 atom stereocenters. The van der Waals surface area contributed by atoms with E-state index in [1.807, 2.05) is 39.0 Å². The number of hydrogen-bond donors (Lipinski definition) is 3. The molecule has 8 nitrogen and oxygen atoms in total. The predicted octanol–water partition coefficient (Wildman–Crippen LogP) is 3.38. The van der Waals surface area contributed by atoms with Gasteiger partial charge in [-0.05, 0) is 63.1 Å². The average Bonchev–Trinajstić information content (AvgIpc) is 2.86. The van der Waals surface area contributed by atoms with Crippen molar-refractivity contribution >= 4 is 18.2 Å². The van der Waals surface area contributed by atoms with E-state index < -0.39 is 23.4 Å². The summed E-state index contributed by atoms with van der Waals surface area (Å²) in [6, 6.07) is 8.71. The lowest BCUT2D eigenvalue weighted by Gasteiger charge is -2.34. The van der Waals surface area contributed by atoms with Crippen LogP contribution in [0, 0.1) is 11.3 Å². The van der Waals surface area contributed by atoms with Gasteiger partial charge in [-0.2, -0.15) is 0 Å². The molecule has 1 saturated heterocycles. The molecular weight excluding hydrogens is 456 g/mol. The highest BCUT2D eigenvalue weighted by Gasteiger charge is 2.36. The van der Waals surface area contributed by atoms with Crippen molar-refractivity contribution in [2.24, 2.45) is 11.3 Å². The number of likely N-dealkylation sites (tertiary alicyclic amines) is 1. The molecule has 0 radical (unpaired) electrons. The van der Waals surface area contributed by atoms with E-state index in [9.17, 15) is 19.6 Å². The number of nitrogens with one attached hydrogen (secondary N) is 2. The van der Waals surface area contributed by atoms with E-state index >= 15 is 0 Å². The molecule has 8 heteroatoms. The summed E-state index contributed by atoms with van der Waals surface area (Å²) < 4.78 is 0. The minimum atomic E-state index is -0.728. The van der Waals surface area contributed by atoms with Crippen molar-refractivity contribution in [1.29, 1.82) is 0 Å². The molecule has 3 amide bonds. The van der Waals surface area contributed by atoms with E-state index in [4.69, 9.17) is 0 Å². The van der Waals surface area contributed by atoms with E-state index in [1.54, 1.807) is 6.92 Å². The molecule has 1 aromatic rings. The molecule has 0 aliphatic carbocycles. The third-order valence-corrected chi connectivity index (χ3v) is 7.11. The summed E-state index contributed by atoms with van der Waals surface area (Å²) in [5.74, 6) is -1.17. The Morgan fingerprint density at radius 2 is 1.75 bits per heavy atom. The van der Waals surface area contributed by atoms with Gasteiger partial charge in [-0.3, -0.25) is 19.6 Å². The van der Waals surface area contributed by atoms with Gasteiger partial charge in [-0.1, -0.05) is 63.9 Å². The minimum absolute atomic E-state index is 0.209. The van der Waals surface area contributed by atoms with Gasteiger partial charge in [0.1, 0.15) is 6.04 Å². The number of piperidine rings is 1. The van der Waals surface area contributed by atoms with Crippen LogP contribution in [-0.2, 0) is 20.8 Å². The van der Waals surface area contributed by atoms with E-state index in [1.165, 1.54) is 24.8 Å². The Hall–Kier alpha value is -2.45. The number of benzene rings is 1. The molecule has 1 aliphatic heterocycles. The first-order valence-corrected chi connectivity index (χ1v) is 13.4. The Balaban J connectivity index is 1.98. The SMILES string of the molecule is C[C@@H]([C@@H](CCCCc1ccccc1)C(=O)N[C@H](C(=O)NCCN1CCCCC1)C(C)(C)C)N(O)C=O. The second kappa shape index (κ2) is 15.0. The third-order valence-electron chi connectivity index (χ3n) is 7.11. The molecule has 1 aromatic carbocycles. The van der Waals surface area contributed by atoms with Crippen molar-refractivity contribution in [1.82, 2.24) is 20.6 Å². The Morgan fingerprint density at radius 1 is 1.08 bits per heavy atom. The topological polar surface area (TPSA) is 102 Å². The number of amides is 3. The molecule has 3 N–H and O–H groups in total. The van der Waals surface area contributed by atoms with Crippen LogP contribution in [0.15, 0.2) is 30.3 Å². The number of aryl methyl sites for hydroxylation is 1. The molecule has 0 spiro atoms. The fourth-order valence-corrected chi connectivity index (χ4v) is 4.76. The number of nitrogens with zero attached hydrogens (tertiary/aromatic N) is 2. The van der Waals surface area contributed by atoms with Crippen molar-refractivity contribution in [3.05, 3.63) is 35.9 Å². The standard InChI is InChI=1S/C28H46N4O4/c1-22(32(36)21-33)24(16-10-9-15-23-13-7-5-8-14-23)26(34)30-25(28(2,3)4)27(35)29-17-20-31-18-11-6-12-19-31/h5,7-8,13-14,21-22,24-25,36H,6,9-12,15-20H2,1-4H3,(H,29,35)(H,30,34)/t22-,24+,25+/m0/s1. The largest absolute Gasteiger partial charge is 0.353 e. The van der Waals surface area contributed by atoms with Gasteiger partial charge in [-0.25, -0.2) is 5.06 Å². The quantitative estimate of drug-likeness (QED) is 0.157. The van der Waals surface area contributed by atoms with E-state index in [0.29, 0.717) is 24.4 Å². The molecule has 202 valence electrons. The molecule has 36 heavy (non-hydrogen) atoms. The van der Waals surface area contributed by atoms with E-state index in [2.05, 4.69) is 27.7 Å². The van der Waals surface area contributed by atoms with Crippen molar-refractivity contribution in [2.45, 2.75) is 84.7 Å². The zero-order valence-electron chi connectivity index (χ0n) is 22.5. The minimum Gasteiger partial charge on any atom is -0.353 e. The fraction of sp³-hybridized carbons (Fsp3) is 0.679. The van der Waals surface area contributed by atoms with Gasteiger partial charge in [0.15, 0.2) is 0 Å². The Morgan fingerprint density at radius 3 is 2.36 bits per heavy atom. The molecule has 1 heterocycles. The first-order chi connectivity index (χ1) is 17.1. The van der Waals surface area contributed by atoms with Crippen LogP contribution in [0.5, 0.6) is 0 Å². The lowest BCUT2D eigenvalue weighted by atomic mass is 9.84. The van der Waals surface area contributed by atoms with Crippen LogP contribution < -0.4 is 10.6 Å². The zero-order chi connectivity index (χ0) is 26.6. The van der Waals surface area contributed by atoms with Crippen LogP contribution in [0.3, 0.4) is 0 Å².